The third-order valence-electron chi connectivity index (χ3n) is 3.00. The van der Waals surface area contributed by atoms with Gasteiger partial charge in [0.05, 0.1) is 12.1 Å². The molecule has 3 N–H and O–H groups in total. The average molecular weight is 340 g/mol. The normalized spacial score (nSPS) is 14.2. The number of rotatable bonds is 3. The van der Waals surface area contributed by atoms with E-state index in [2.05, 4.69) is 5.32 Å². The van der Waals surface area contributed by atoms with E-state index in [0.29, 0.717) is 10.0 Å². The van der Waals surface area contributed by atoms with Crippen LogP contribution in [-0.2, 0) is 4.79 Å². The van der Waals surface area contributed by atoms with Gasteiger partial charge in [-0.25, -0.2) is 0 Å². The van der Waals surface area contributed by atoms with Crippen molar-refractivity contribution in [2.75, 3.05) is 0 Å². The zero-order valence-electron chi connectivity index (χ0n) is 12.0. The van der Waals surface area contributed by atoms with Gasteiger partial charge >= 0.3 is 0 Å². The summed E-state index contributed by atoms with van der Waals surface area (Å²) >= 11 is 12.0. The Balaban J connectivity index is 0.00000361. The second kappa shape index (κ2) is 7.51. The molecular weight excluding hydrogens is 319 g/mol. The van der Waals surface area contributed by atoms with Crippen molar-refractivity contribution < 1.29 is 4.79 Å². The predicted molar refractivity (Wildman–Crippen MR) is 87.7 cm³/mol. The molecule has 0 aromatic heterocycles. The van der Waals surface area contributed by atoms with E-state index in [9.17, 15) is 4.79 Å². The first-order chi connectivity index (χ1) is 8.62. The summed E-state index contributed by atoms with van der Waals surface area (Å²) in [7, 11) is 0. The fourth-order valence-corrected chi connectivity index (χ4v) is 2.20. The molecule has 1 aromatic carbocycles. The molecule has 2 atom stereocenters. The molecule has 6 heteroatoms. The Morgan fingerprint density at radius 2 is 1.85 bits per heavy atom. The van der Waals surface area contributed by atoms with Gasteiger partial charge < -0.3 is 11.1 Å². The largest absolute Gasteiger partial charge is 0.348 e. The van der Waals surface area contributed by atoms with Crippen molar-refractivity contribution in [2.45, 2.75) is 39.8 Å². The number of benzene rings is 1. The molecule has 20 heavy (non-hydrogen) atoms. The van der Waals surface area contributed by atoms with Crippen LogP contribution in [0.5, 0.6) is 0 Å². The van der Waals surface area contributed by atoms with Crippen molar-refractivity contribution in [3.05, 3.63) is 33.8 Å². The van der Waals surface area contributed by atoms with E-state index in [1.807, 2.05) is 27.7 Å². The van der Waals surface area contributed by atoms with Gasteiger partial charge in [0.15, 0.2) is 0 Å². The molecule has 0 radical (unpaired) electrons. The molecule has 1 unspecified atom stereocenters. The lowest BCUT2D eigenvalue weighted by molar-refractivity contribution is -0.125. The van der Waals surface area contributed by atoms with E-state index < -0.39 is 6.04 Å². The van der Waals surface area contributed by atoms with Crippen molar-refractivity contribution >= 4 is 41.5 Å². The number of nitrogens with one attached hydrogen (secondary N) is 1. The molecule has 1 aromatic rings. The first kappa shape index (κ1) is 19.5. The number of carbonyl (C=O) groups is 1. The molecule has 0 heterocycles. The third kappa shape index (κ3) is 5.13. The molecule has 0 spiro atoms. The van der Waals surface area contributed by atoms with Crippen LogP contribution in [0, 0.1) is 5.41 Å². The smallest absolute Gasteiger partial charge is 0.237 e. The van der Waals surface area contributed by atoms with Gasteiger partial charge in [-0.05, 0) is 30.0 Å². The minimum atomic E-state index is -0.568. The van der Waals surface area contributed by atoms with Crippen LogP contribution in [0.4, 0.5) is 0 Å². The second-order valence-corrected chi connectivity index (χ2v) is 6.58. The summed E-state index contributed by atoms with van der Waals surface area (Å²) in [5, 5.41) is 3.97. The van der Waals surface area contributed by atoms with E-state index in [1.165, 1.54) is 0 Å². The molecule has 0 aliphatic heterocycles. The highest BCUT2D eigenvalue weighted by atomic mass is 35.5. The van der Waals surface area contributed by atoms with Gasteiger partial charge in [0.25, 0.3) is 0 Å². The van der Waals surface area contributed by atoms with E-state index in [4.69, 9.17) is 28.9 Å². The van der Waals surface area contributed by atoms with Gasteiger partial charge in [0, 0.05) is 10.0 Å². The summed E-state index contributed by atoms with van der Waals surface area (Å²) in [5.41, 5.74) is 6.45. The Hall–Kier alpha value is -0.480. The maximum atomic E-state index is 12.0. The summed E-state index contributed by atoms with van der Waals surface area (Å²) in [6.45, 7) is 7.65. The van der Waals surface area contributed by atoms with Crippen LogP contribution in [0.1, 0.15) is 39.3 Å². The van der Waals surface area contributed by atoms with Crippen LogP contribution in [-0.4, -0.2) is 11.9 Å². The molecule has 3 nitrogen and oxygen atoms in total. The minimum absolute atomic E-state index is 0. The van der Waals surface area contributed by atoms with Gasteiger partial charge in [-0.15, -0.1) is 12.4 Å². The zero-order chi connectivity index (χ0) is 14.8. The summed E-state index contributed by atoms with van der Waals surface area (Å²) in [4.78, 5) is 12.0. The number of hydrogen-bond donors (Lipinski definition) is 2. The van der Waals surface area contributed by atoms with E-state index >= 15 is 0 Å². The van der Waals surface area contributed by atoms with Gasteiger partial charge in [0.2, 0.25) is 5.91 Å². The molecule has 0 bridgehead atoms. The van der Waals surface area contributed by atoms with Gasteiger partial charge in [-0.3, -0.25) is 4.79 Å². The van der Waals surface area contributed by atoms with Crippen LogP contribution >= 0.6 is 35.6 Å². The average Bonchev–Trinajstić information content (AvgIpc) is 2.26. The number of halogens is 3. The standard InChI is InChI=1S/C14H20Cl2N2O.ClH/c1-8(10-6-5-9(15)7-11(10)16)18-13(19)12(17)14(2,3)4;/h5-8,12H,17H2,1-4H3,(H,18,19);1H/t8?,12-;/m1./s1. The lowest BCUT2D eigenvalue weighted by Gasteiger charge is -2.27. The lowest BCUT2D eigenvalue weighted by atomic mass is 9.86. The number of amides is 1. The van der Waals surface area contributed by atoms with Gasteiger partial charge in [-0.1, -0.05) is 50.0 Å². The maximum absolute atomic E-state index is 12.0. The molecular formula is C14H21Cl3N2O. The summed E-state index contributed by atoms with van der Waals surface area (Å²) in [6.07, 6.45) is 0. The number of carbonyl (C=O) groups excluding carboxylic acids is 1. The SMILES string of the molecule is CC(NC(=O)[C@@H](N)C(C)(C)C)c1ccc(Cl)cc1Cl.Cl. The summed E-state index contributed by atoms with van der Waals surface area (Å²) < 4.78 is 0. The molecule has 0 saturated heterocycles. The van der Waals surface area contributed by atoms with Crippen LogP contribution in [0.3, 0.4) is 0 Å². The Bertz CT molecular complexity index is 472. The first-order valence-corrected chi connectivity index (χ1v) is 6.89. The highest BCUT2D eigenvalue weighted by Crippen LogP contribution is 2.26. The molecule has 1 rings (SSSR count). The summed E-state index contributed by atoms with van der Waals surface area (Å²) in [6, 6.07) is 4.42. The predicted octanol–water partition coefficient (Wildman–Crippen LogP) is 3.97. The molecule has 114 valence electrons. The van der Waals surface area contributed by atoms with Crippen molar-refractivity contribution in [3.8, 4) is 0 Å². The highest BCUT2D eigenvalue weighted by Gasteiger charge is 2.28. The second-order valence-electron chi connectivity index (χ2n) is 5.74. The Morgan fingerprint density at radius 3 is 2.30 bits per heavy atom. The van der Waals surface area contributed by atoms with E-state index in [-0.39, 0.29) is 29.8 Å². The van der Waals surface area contributed by atoms with Crippen LogP contribution < -0.4 is 11.1 Å². The fourth-order valence-electron chi connectivity index (χ4n) is 1.63. The molecule has 1 amide bonds. The van der Waals surface area contributed by atoms with Crippen LogP contribution in [0.15, 0.2) is 18.2 Å². The van der Waals surface area contributed by atoms with Crippen molar-refractivity contribution in [2.24, 2.45) is 11.1 Å². The van der Waals surface area contributed by atoms with Gasteiger partial charge in [-0.2, -0.15) is 0 Å². The Kier molecular flexibility index (Phi) is 7.33. The molecule has 0 aliphatic rings. The fraction of sp³-hybridized carbons (Fsp3) is 0.500. The topological polar surface area (TPSA) is 55.1 Å². The monoisotopic (exact) mass is 338 g/mol. The minimum Gasteiger partial charge on any atom is -0.348 e. The van der Waals surface area contributed by atoms with E-state index in [1.54, 1.807) is 18.2 Å². The van der Waals surface area contributed by atoms with Gasteiger partial charge in [0.1, 0.15) is 0 Å². The molecule has 0 aliphatic carbocycles. The number of nitrogens with two attached hydrogens (primary N) is 1. The highest BCUT2D eigenvalue weighted by molar-refractivity contribution is 6.35. The van der Waals surface area contributed by atoms with Crippen molar-refractivity contribution in [1.29, 1.82) is 0 Å². The van der Waals surface area contributed by atoms with Crippen LogP contribution in [0.2, 0.25) is 10.0 Å². The summed E-state index contributed by atoms with van der Waals surface area (Å²) in [5.74, 6) is -0.189. The van der Waals surface area contributed by atoms with Crippen molar-refractivity contribution in [3.63, 3.8) is 0 Å². The van der Waals surface area contributed by atoms with E-state index in [0.717, 1.165) is 5.56 Å². The first-order valence-electron chi connectivity index (χ1n) is 6.14. The lowest BCUT2D eigenvalue weighted by Crippen LogP contribution is -2.49. The number of hydrogen-bond acceptors (Lipinski definition) is 2. The maximum Gasteiger partial charge on any atom is 0.237 e. The quantitative estimate of drug-likeness (QED) is 0.875. The Morgan fingerprint density at radius 1 is 1.30 bits per heavy atom. The Labute approximate surface area is 136 Å². The molecule has 0 saturated carbocycles. The molecule has 0 fully saturated rings. The zero-order valence-corrected chi connectivity index (χ0v) is 14.4. The van der Waals surface area contributed by atoms with Crippen LogP contribution in [0.25, 0.3) is 0 Å². The third-order valence-corrected chi connectivity index (χ3v) is 3.57. The van der Waals surface area contributed by atoms with Crippen molar-refractivity contribution in [1.82, 2.24) is 5.32 Å².